The highest BCUT2D eigenvalue weighted by molar-refractivity contribution is 6.30. The lowest BCUT2D eigenvalue weighted by atomic mass is 10.1. The summed E-state index contributed by atoms with van der Waals surface area (Å²) in [7, 11) is 0. The van der Waals surface area contributed by atoms with E-state index in [4.69, 9.17) is 21.1 Å². The highest BCUT2D eigenvalue weighted by Gasteiger charge is 2.32. The van der Waals surface area contributed by atoms with Gasteiger partial charge in [0.05, 0.1) is 12.2 Å². The van der Waals surface area contributed by atoms with E-state index in [0.29, 0.717) is 28.7 Å². The first-order valence-corrected chi connectivity index (χ1v) is 9.37. The van der Waals surface area contributed by atoms with E-state index in [-0.39, 0.29) is 5.91 Å². The molecular weight excluding hydrogens is 380 g/mol. The molecule has 1 atom stereocenters. The molecule has 0 aliphatic carbocycles. The molecule has 3 rings (SSSR count). The van der Waals surface area contributed by atoms with Crippen LogP contribution in [0.25, 0.3) is 0 Å². The monoisotopic (exact) mass is 402 g/mol. The van der Waals surface area contributed by atoms with Gasteiger partial charge in [-0.3, -0.25) is 10.1 Å². The van der Waals surface area contributed by atoms with Gasteiger partial charge in [-0.1, -0.05) is 23.7 Å². The molecule has 0 bridgehead atoms. The molecule has 1 aliphatic heterocycles. The summed E-state index contributed by atoms with van der Waals surface area (Å²) in [6.07, 6.45) is -1.16. The number of anilines is 2. The summed E-state index contributed by atoms with van der Waals surface area (Å²) < 4.78 is 11.0. The smallest absolute Gasteiger partial charge is 0.412 e. The molecule has 2 amide bonds. The van der Waals surface area contributed by atoms with Crippen molar-refractivity contribution in [2.24, 2.45) is 0 Å². The summed E-state index contributed by atoms with van der Waals surface area (Å²) >= 11 is 5.95. The van der Waals surface area contributed by atoms with Crippen LogP contribution < -0.4 is 15.0 Å². The van der Waals surface area contributed by atoms with Crippen molar-refractivity contribution in [3.8, 4) is 5.75 Å². The second-order valence-corrected chi connectivity index (χ2v) is 8.06. The number of hydrogen-bond acceptors (Lipinski definition) is 4. The Balaban J connectivity index is 1.87. The van der Waals surface area contributed by atoms with Crippen LogP contribution in [-0.2, 0) is 16.1 Å². The summed E-state index contributed by atoms with van der Waals surface area (Å²) in [5, 5.41) is 3.33. The molecular formula is C21H23ClN2O4. The highest BCUT2D eigenvalue weighted by atomic mass is 35.5. The Labute approximate surface area is 169 Å². The average Bonchev–Trinajstić information content (AvgIpc) is 2.59. The molecule has 2 aromatic carbocycles. The van der Waals surface area contributed by atoms with Crippen molar-refractivity contribution in [3.05, 3.63) is 53.1 Å². The second-order valence-electron chi connectivity index (χ2n) is 7.62. The fraction of sp³-hybridized carbons (Fsp3) is 0.333. The minimum absolute atomic E-state index is 0.156. The molecule has 0 aromatic heterocycles. The summed E-state index contributed by atoms with van der Waals surface area (Å²) in [5.41, 5.74) is 1.43. The Morgan fingerprint density at radius 3 is 2.54 bits per heavy atom. The van der Waals surface area contributed by atoms with Gasteiger partial charge in [-0.05, 0) is 63.6 Å². The van der Waals surface area contributed by atoms with Gasteiger partial charge in [-0.15, -0.1) is 0 Å². The first kappa shape index (κ1) is 20.0. The molecule has 0 fully saturated rings. The van der Waals surface area contributed by atoms with Crippen molar-refractivity contribution in [1.29, 1.82) is 0 Å². The third kappa shape index (κ3) is 4.75. The van der Waals surface area contributed by atoms with Crippen LogP contribution in [0.2, 0.25) is 5.02 Å². The molecule has 0 spiro atoms. The highest BCUT2D eigenvalue weighted by Crippen LogP contribution is 2.37. The average molecular weight is 403 g/mol. The van der Waals surface area contributed by atoms with E-state index in [1.807, 2.05) is 12.1 Å². The van der Waals surface area contributed by atoms with Crippen molar-refractivity contribution >= 4 is 35.0 Å². The number of nitrogens with one attached hydrogen (secondary N) is 1. The topological polar surface area (TPSA) is 67.9 Å². The number of rotatable bonds is 3. The van der Waals surface area contributed by atoms with Crippen LogP contribution in [0.1, 0.15) is 33.3 Å². The van der Waals surface area contributed by atoms with E-state index in [1.54, 1.807) is 62.9 Å². The van der Waals surface area contributed by atoms with Gasteiger partial charge in [-0.2, -0.15) is 0 Å². The van der Waals surface area contributed by atoms with E-state index in [2.05, 4.69) is 5.32 Å². The summed E-state index contributed by atoms with van der Waals surface area (Å²) in [6.45, 7) is 7.46. The van der Waals surface area contributed by atoms with Crippen LogP contribution in [0.15, 0.2) is 42.5 Å². The molecule has 28 heavy (non-hydrogen) atoms. The first-order valence-electron chi connectivity index (χ1n) is 8.99. The lowest BCUT2D eigenvalue weighted by Gasteiger charge is -2.33. The lowest BCUT2D eigenvalue weighted by molar-refractivity contribution is -0.125. The van der Waals surface area contributed by atoms with Crippen molar-refractivity contribution in [3.63, 3.8) is 0 Å². The van der Waals surface area contributed by atoms with Gasteiger partial charge < -0.3 is 14.4 Å². The number of nitrogens with zero attached hydrogens (tertiary/aromatic N) is 1. The molecule has 0 saturated carbocycles. The molecule has 0 saturated heterocycles. The van der Waals surface area contributed by atoms with Crippen LogP contribution in [0.5, 0.6) is 5.75 Å². The molecule has 1 unspecified atom stereocenters. The molecule has 0 radical (unpaired) electrons. The van der Waals surface area contributed by atoms with Gasteiger partial charge in [0, 0.05) is 10.7 Å². The van der Waals surface area contributed by atoms with E-state index in [9.17, 15) is 9.59 Å². The van der Waals surface area contributed by atoms with Crippen molar-refractivity contribution < 1.29 is 19.1 Å². The van der Waals surface area contributed by atoms with Crippen LogP contribution >= 0.6 is 11.6 Å². The quantitative estimate of drug-likeness (QED) is 0.784. The number of hydrogen-bond donors (Lipinski definition) is 1. The maximum atomic E-state index is 12.7. The molecule has 2 aromatic rings. The molecule has 148 valence electrons. The number of ether oxygens (including phenoxy) is 2. The van der Waals surface area contributed by atoms with Gasteiger partial charge >= 0.3 is 6.09 Å². The third-order valence-electron chi connectivity index (χ3n) is 4.07. The predicted octanol–water partition coefficient (Wildman–Crippen LogP) is 5.00. The zero-order valence-electron chi connectivity index (χ0n) is 16.3. The van der Waals surface area contributed by atoms with Gasteiger partial charge in [0.25, 0.3) is 5.91 Å². The molecule has 1 aliphatic rings. The largest absolute Gasteiger partial charge is 0.479 e. The minimum Gasteiger partial charge on any atom is -0.479 e. The number of benzene rings is 2. The van der Waals surface area contributed by atoms with Crippen LogP contribution in [0.4, 0.5) is 16.2 Å². The lowest BCUT2D eigenvalue weighted by Crippen LogP contribution is -2.44. The molecule has 7 heteroatoms. The van der Waals surface area contributed by atoms with Crippen molar-refractivity contribution in [1.82, 2.24) is 0 Å². The van der Waals surface area contributed by atoms with Crippen LogP contribution in [-0.4, -0.2) is 23.7 Å². The van der Waals surface area contributed by atoms with E-state index in [0.717, 1.165) is 5.56 Å². The van der Waals surface area contributed by atoms with Crippen LogP contribution in [0.3, 0.4) is 0 Å². The summed E-state index contributed by atoms with van der Waals surface area (Å²) in [5.74, 6) is 0.424. The van der Waals surface area contributed by atoms with E-state index < -0.39 is 17.8 Å². The normalized spacial score (nSPS) is 16.2. The number of fused-ring (bicyclic) bond motifs is 1. The second kappa shape index (κ2) is 7.72. The Kier molecular flexibility index (Phi) is 5.52. The van der Waals surface area contributed by atoms with Crippen molar-refractivity contribution in [2.45, 2.75) is 45.9 Å². The summed E-state index contributed by atoms with van der Waals surface area (Å²) in [6, 6.07) is 12.5. The minimum atomic E-state index is -0.604. The maximum absolute atomic E-state index is 12.7. The molecule has 1 N–H and O–H groups in total. The Hall–Kier alpha value is -2.73. The summed E-state index contributed by atoms with van der Waals surface area (Å²) in [4.78, 5) is 26.4. The Morgan fingerprint density at radius 2 is 1.89 bits per heavy atom. The van der Waals surface area contributed by atoms with Crippen molar-refractivity contribution in [2.75, 3.05) is 10.2 Å². The number of carbonyl (C=O) groups excluding carboxylic acids is 2. The zero-order chi connectivity index (χ0) is 20.5. The Bertz CT molecular complexity index is 890. The van der Waals surface area contributed by atoms with E-state index in [1.165, 1.54) is 0 Å². The Morgan fingerprint density at radius 1 is 1.21 bits per heavy atom. The third-order valence-corrected chi connectivity index (χ3v) is 4.32. The maximum Gasteiger partial charge on any atom is 0.412 e. The molecule has 6 nitrogen and oxygen atoms in total. The van der Waals surface area contributed by atoms with Gasteiger partial charge in [-0.25, -0.2) is 4.79 Å². The number of carbonyl (C=O) groups is 2. The van der Waals surface area contributed by atoms with Gasteiger partial charge in [0.1, 0.15) is 11.4 Å². The van der Waals surface area contributed by atoms with Gasteiger partial charge in [0.2, 0.25) is 0 Å². The fourth-order valence-electron chi connectivity index (χ4n) is 2.84. The standard InChI is InChI=1S/C21H23ClN2O4/c1-13-19(25)24(12-14-5-7-15(22)8-6-14)17-11-16(9-10-18(17)27-13)23-20(26)28-21(2,3)4/h5-11,13H,12H2,1-4H3,(H,23,26). The SMILES string of the molecule is CC1Oc2ccc(NC(=O)OC(C)(C)C)cc2N(Cc2ccc(Cl)cc2)C1=O. The van der Waals surface area contributed by atoms with E-state index >= 15 is 0 Å². The van der Waals surface area contributed by atoms with Crippen LogP contribution in [0, 0.1) is 0 Å². The molecule has 1 heterocycles. The fourth-order valence-corrected chi connectivity index (χ4v) is 2.97. The van der Waals surface area contributed by atoms with Gasteiger partial charge in [0.15, 0.2) is 6.10 Å². The predicted molar refractivity (Wildman–Crippen MR) is 109 cm³/mol. The first-order chi connectivity index (χ1) is 13.1. The number of amides is 2. The number of halogens is 1. The zero-order valence-corrected chi connectivity index (χ0v) is 17.0.